The van der Waals surface area contributed by atoms with Gasteiger partial charge in [0.05, 0.1) is 12.6 Å². The van der Waals surface area contributed by atoms with Gasteiger partial charge in [0, 0.05) is 18.3 Å². The fourth-order valence-electron chi connectivity index (χ4n) is 5.56. The van der Waals surface area contributed by atoms with Crippen LogP contribution in [0.5, 0.6) is 5.75 Å². The van der Waals surface area contributed by atoms with Crippen LogP contribution in [0.1, 0.15) is 101 Å². The van der Waals surface area contributed by atoms with Crippen LogP contribution in [-0.2, 0) is 22.4 Å². The Hall–Kier alpha value is -1.88. The summed E-state index contributed by atoms with van der Waals surface area (Å²) in [5.74, 6) is 0.561. The highest BCUT2D eigenvalue weighted by Gasteiger charge is 2.45. The zero-order valence-corrected chi connectivity index (χ0v) is 20.1. The third-order valence-corrected chi connectivity index (χ3v) is 7.21. The van der Waals surface area contributed by atoms with Crippen molar-refractivity contribution < 1.29 is 19.4 Å². The first kappa shape index (κ1) is 24.8. The number of esters is 1. The quantitative estimate of drug-likeness (QED) is 0.284. The Morgan fingerprint density at radius 2 is 1.78 bits per heavy atom. The van der Waals surface area contributed by atoms with Gasteiger partial charge in [0.15, 0.2) is 0 Å². The average molecular weight is 444 g/mol. The molecule has 0 aromatic heterocycles. The number of benzene rings is 1. The lowest BCUT2D eigenvalue weighted by atomic mass is 9.74. The van der Waals surface area contributed by atoms with E-state index < -0.39 is 0 Å². The van der Waals surface area contributed by atoms with Gasteiger partial charge < -0.3 is 15.2 Å². The molecule has 1 heterocycles. The van der Waals surface area contributed by atoms with Crippen molar-refractivity contribution in [3.8, 4) is 5.75 Å². The lowest BCUT2D eigenvalue weighted by Crippen LogP contribution is -2.32. The van der Waals surface area contributed by atoms with Crippen LogP contribution < -0.4 is 10.1 Å². The van der Waals surface area contributed by atoms with Gasteiger partial charge in [-0.1, -0.05) is 58.9 Å². The Kier molecular flexibility index (Phi) is 9.15. The first-order valence-corrected chi connectivity index (χ1v) is 12.7. The average Bonchev–Trinajstić information content (AvgIpc) is 3.12. The minimum atomic E-state index is -0.262. The fourth-order valence-corrected chi connectivity index (χ4v) is 5.56. The summed E-state index contributed by atoms with van der Waals surface area (Å²) >= 11 is 0. The lowest BCUT2D eigenvalue weighted by Gasteiger charge is -2.30. The number of fused-ring (bicyclic) bond motifs is 1. The summed E-state index contributed by atoms with van der Waals surface area (Å²) in [6, 6.07) is 3.70. The number of nitrogens with one attached hydrogen (secondary N) is 1. The Morgan fingerprint density at radius 1 is 1.09 bits per heavy atom. The van der Waals surface area contributed by atoms with Crippen LogP contribution in [0.2, 0.25) is 0 Å². The number of unbranched alkanes of at least 4 members (excludes halogenated alkanes) is 5. The van der Waals surface area contributed by atoms with Gasteiger partial charge in [0.1, 0.15) is 5.75 Å². The summed E-state index contributed by atoms with van der Waals surface area (Å²) in [6.07, 6.45) is 11.3. The number of amides is 1. The zero-order valence-electron chi connectivity index (χ0n) is 20.1. The summed E-state index contributed by atoms with van der Waals surface area (Å²) in [5.41, 5.74) is 3.50. The van der Waals surface area contributed by atoms with E-state index in [2.05, 4.69) is 26.1 Å². The van der Waals surface area contributed by atoms with Crippen molar-refractivity contribution in [3.63, 3.8) is 0 Å². The third kappa shape index (κ3) is 5.72. The zero-order chi connectivity index (χ0) is 23.1. The highest BCUT2D eigenvalue weighted by Crippen LogP contribution is 2.43. The molecule has 2 N–H and O–H groups in total. The summed E-state index contributed by atoms with van der Waals surface area (Å²) in [6.45, 7) is 6.28. The first-order valence-electron chi connectivity index (χ1n) is 12.7. The van der Waals surface area contributed by atoms with Gasteiger partial charge >= 0.3 is 5.97 Å². The predicted octanol–water partition coefficient (Wildman–Crippen LogP) is 5.07. The minimum Gasteiger partial charge on any atom is -0.426 e. The molecule has 178 valence electrons. The van der Waals surface area contributed by atoms with Gasteiger partial charge in [-0.15, -0.1) is 0 Å². The molecular formula is C27H41NO4. The molecule has 1 aliphatic heterocycles. The number of ether oxygens (including phenoxy) is 1. The SMILES string of the molecule is CCCCCCCCC(=O)Oc1ccc([C@@H]2[C@@H](C(C)C)C(=O)N[C@@H]2CO)c2c1CCCC2. The van der Waals surface area contributed by atoms with Crippen LogP contribution in [0.25, 0.3) is 0 Å². The summed E-state index contributed by atoms with van der Waals surface area (Å²) < 4.78 is 5.84. The number of hydrogen-bond acceptors (Lipinski definition) is 4. The Morgan fingerprint density at radius 3 is 2.47 bits per heavy atom. The van der Waals surface area contributed by atoms with Gasteiger partial charge in [-0.25, -0.2) is 0 Å². The molecular weight excluding hydrogens is 402 g/mol. The maximum atomic E-state index is 12.6. The molecule has 1 aromatic rings. The van der Waals surface area contributed by atoms with Crippen LogP contribution >= 0.6 is 0 Å². The van der Waals surface area contributed by atoms with Crippen LogP contribution in [0.3, 0.4) is 0 Å². The second-order valence-corrected chi connectivity index (χ2v) is 9.90. The first-order chi connectivity index (χ1) is 15.5. The van der Waals surface area contributed by atoms with E-state index in [1.807, 2.05) is 12.1 Å². The molecule has 1 amide bonds. The minimum absolute atomic E-state index is 0.0306. The van der Waals surface area contributed by atoms with E-state index >= 15 is 0 Å². The number of aliphatic hydroxyl groups is 1. The number of aliphatic hydroxyl groups excluding tert-OH is 1. The fraction of sp³-hybridized carbons (Fsp3) is 0.704. The van der Waals surface area contributed by atoms with Crippen LogP contribution in [0.15, 0.2) is 12.1 Å². The molecule has 3 rings (SSSR count). The van der Waals surface area contributed by atoms with Gasteiger partial charge in [-0.2, -0.15) is 0 Å². The molecule has 0 unspecified atom stereocenters. The molecule has 1 aliphatic carbocycles. The maximum absolute atomic E-state index is 12.6. The van der Waals surface area contributed by atoms with E-state index in [1.165, 1.54) is 31.2 Å². The monoisotopic (exact) mass is 443 g/mol. The topological polar surface area (TPSA) is 75.6 Å². The molecule has 5 heteroatoms. The highest BCUT2D eigenvalue weighted by atomic mass is 16.5. The normalized spacial score (nSPS) is 22.7. The van der Waals surface area contributed by atoms with Gasteiger partial charge in [-0.05, 0) is 60.8 Å². The lowest BCUT2D eigenvalue weighted by molar-refractivity contribution is -0.134. The second kappa shape index (κ2) is 11.8. The Bertz CT molecular complexity index is 788. The van der Waals surface area contributed by atoms with Gasteiger partial charge in [-0.3, -0.25) is 9.59 Å². The molecule has 1 aromatic carbocycles. The van der Waals surface area contributed by atoms with E-state index in [1.54, 1.807) is 0 Å². The molecule has 0 saturated carbocycles. The largest absolute Gasteiger partial charge is 0.426 e. The molecule has 32 heavy (non-hydrogen) atoms. The van der Waals surface area contributed by atoms with Crippen molar-refractivity contribution in [3.05, 3.63) is 28.8 Å². The van der Waals surface area contributed by atoms with Crippen molar-refractivity contribution in [2.45, 2.75) is 103 Å². The van der Waals surface area contributed by atoms with Crippen molar-refractivity contribution in [1.82, 2.24) is 5.32 Å². The van der Waals surface area contributed by atoms with Crippen LogP contribution in [0, 0.1) is 11.8 Å². The van der Waals surface area contributed by atoms with Crippen molar-refractivity contribution in [2.24, 2.45) is 11.8 Å². The van der Waals surface area contributed by atoms with E-state index in [9.17, 15) is 14.7 Å². The Labute approximate surface area is 193 Å². The molecule has 3 atom stereocenters. The van der Waals surface area contributed by atoms with E-state index in [0.717, 1.165) is 49.7 Å². The molecule has 0 radical (unpaired) electrons. The smallest absolute Gasteiger partial charge is 0.311 e. The standard InChI is InChI=1S/C27H41NO4/c1-4-5-6-7-8-9-14-24(30)32-23-16-15-21(19-12-10-11-13-20(19)23)26-22(17-29)28-27(31)25(26)18(2)3/h15-16,18,22,25-26,29H,4-14,17H2,1-3H3,(H,28,31)/t22-,25-,26+/m1/s1. The van der Waals surface area contributed by atoms with Crippen LogP contribution in [0.4, 0.5) is 0 Å². The maximum Gasteiger partial charge on any atom is 0.311 e. The van der Waals surface area contributed by atoms with Gasteiger partial charge in [0.25, 0.3) is 0 Å². The third-order valence-electron chi connectivity index (χ3n) is 7.21. The summed E-state index contributed by atoms with van der Waals surface area (Å²) in [7, 11) is 0. The number of carbonyl (C=O) groups is 2. The number of hydrogen-bond donors (Lipinski definition) is 2. The van der Waals surface area contributed by atoms with Crippen molar-refractivity contribution in [1.29, 1.82) is 0 Å². The molecule has 0 spiro atoms. The molecule has 0 bridgehead atoms. The second-order valence-electron chi connectivity index (χ2n) is 9.90. The highest BCUT2D eigenvalue weighted by molar-refractivity contribution is 5.83. The van der Waals surface area contributed by atoms with Crippen molar-refractivity contribution >= 4 is 11.9 Å². The number of rotatable bonds is 11. The molecule has 1 fully saturated rings. The predicted molar refractivity (Wildman–Crippen MR) is 127 cm³/mol. The van der Waals surface area contributed by atoms with Crippen molar-refractivity contribution in [2.75, 3.05) is 6.61 Å². The van der Waals surface area contributed by atoms with E-state index in [-0.39, 0.29) is 42.3 Å². The Balaban J connectivity index is 1.76. The summed E-state index contributed by atoms with van der Waals surface area (Å²) in [4.78, 5) is 25.1. The van der Waals surface area contributed by atoms with E-state index in [0.29, 0.717) is 12.2 Å². The summed E-state index contributed by atoms with van der Waals surface area (Å²) in [5, 5.41) is 13.0. The molecule has 2 aliphatic rings. The molecule has 5 nitrogen and oxygen atoms in total. The van der Waals surface area contributed by atoms with Gasteiger partial charge in [0.2, 0.25) is 5.91 Å². The van der Waals surface area contributed by atoms with Crippen LogP contribution in [-0.4, -0.2) is 29.6 Å². The van der Waals surface area contributed by atoms with E-state index in [4.69, 9.17) is 4.74 Å². The number of carbonyl (C=O) groups excluding carboxylic acids is 2. The molecule has 1 saturated heterocycles.